The van der Waals surface area contributed by atoms with Gasteiger partial charge in [0.25, 0.3) is 0 Å². The summed E-state index contributed by atoms with van der Waals surface area (Å²) in [7, 11) is 0. The molecule has 1 aromatic heterocycles. The van der Waals surface area contributed by atoms with Crippen LogP contribution >= 0.6 is 0 Å². The molecule has 0 amide bonds. The second kappa shape index (κ2) is 4.53. The number of aromatic amines is 1. The zero-order chi connectivity index (χ0) is 12.3. The molecule has 0 aliphatic rings. The van der Waals surface area contributed by atoms with E-state index >= 15 is 0 Å². The molecular weight excluding hydrogens is 229 g/mol. The molecule has 1 heterocycles. The lowest BCUT2D eigenvalue weighted by molar-refractivity contribution is -0.136. The number of nitrogens with one attached hydrogen (secondary N) is 2. The lowest BCUT2D eigenvalue weighted by Gasteiger charge is -2.13. The fourth-order valence-corrected chi connectivity index (χ4v) is 1.55. The van der Waals surface area contributed by atoms with Gasteiger partial charge in [0.1, 0.15) is 0 Å². The third-order valence-electron chi connectivity index (χ3n) is 2.36. The van der Waals surface area contributed by atoms with E-state index in [0.29, 0.717) is 6.54 Å². The van der Waals surface area contributed by atoms with E-state index in [9.17, 15) is 13.2 Å². The number of benzene rings is 1. The van der Waals surface area contributed by atoms with E-state index in [1.165, 1.54) is 12.1 Å². The van der Waals surface area contributed by atoms with Gasteiger partial charge in [0.15, 0.2) is 0 Å². The van der Waals surface area contributed by atoms with Gasteiger partial charge >= 0.3 is 6.18 Å². The summed E-state index contributed by atoms with van der Waals surface area (Å²) in [6.07, 6.45) is -2.61. The molecule has 0 saturated carbocycles. The first-order valence-corrected chi connectivity index (χ1v) is 5.10. The smallest absolute Gasteiger partial charge is 0.379 e. The van der Waals surface area contributed by atoms with Gasteiger partial charge in [-0.05, 0) is 24.3 Å². The maximum absolute atomic E-state index is 12.7. The molecule has 0 saturated heterocycles. The van der Waals surface area contributed by atoms with E-state index in [1.807, 2.05) is 6.07 Å². The molecule has 2 N–H and O–H groups in total. The molecule has 0 unspecified atom stereocenters. The molecule has 90 valence electrons. The van der Waals surface area contributed by atoms with Crippen LogP contribution in [0.2, 0.25) is 0 Å². The molecule has 0 fully saturated rings. The first kappa shape index (κ1) is 11.6. The summed E-state index contributed by atoms with van der Waals surface area (Å²) in [4.78, 5) is 2.92. The molecule has 5 heteroatoms. The number of hydrogen-bond acceptors (Lipinski definition) is 1. The Balaban J connectivity index is 2.16. The van der Waals surface area contributed by atoms with Crippen LogP contribution in [-0.4, -0.2) is 4.98 Å². The second-order valence-electron chi connectivity index (χ2n) is 3.59. The summed E-state index contributed by atoms with van der Waals surface area (Å²) in [5.74, 6) is 0. The number of para-hydroxylation sites is 1. The summed E-state index contributed by atoms with van der Waals surface area (Å²) >= 11 is 0. The largest absolute Gasteiger partial charge is 0.418 e. The monoisotopic (exact) mass is 240 g/mol. The SMILES string of the molecule is FC(F)(F)c1ccccc1NCc1ccc[nH]1. The van der Waals surface area contributed by atoms with Gasteiger partial charge in [0, 0.05) is 17.6 Å². The number of rotatable bonds is 3. The lowest BCUT2D eigenvalue weighted by Crippen LogP contribution is -2.10. The molecule has 0 bridgehead atoms. The van der Waals surface area contributed by atoms with Gasteiger partial charge in [-0.15, -0.1) is 0 Å². The van der Waals surface area contributed by atoms with Crippen molar-refractivity contribution < 1.29 is 13.2 Å². The quantitative estimate of drug-likeness (QED) is 0.842. The molecule has 17 heavy (non-hydrogen) atoms. The lowest BCUT2D eigenvalue weighted by atomic mass is 10.1. The summed E-state index contributed by atoms with van der Waals surface area (Å²) in [6.45, 7) is 0.333. The number of aromatic nitrogens is 1. The summed E-state index contributed by atoms with van der Waals surface area (Å²) in [6, 6.07) is 9.05. The standard InChI is InChI=1S/C12H11F3N2/c13-12(14,15)10-5-1-2-6-11(10)17-8-9-4-3-7-16-9/h1-7,16-17H,8H2. The Bertz CT molecular complexity index is 475. The van der Waals surface area contributed by atoms with Crippen LogP contribution in [0, 0.1) is 0 Å². The predicted molar refractivity (Wildman–Crippen MR) is 59.6 cm³/mol. The fourth-order valence-electron chi connectivity index (χ4n) is 1.55. The highest BCUT2D eigenvalue weighted by Crippen LogP contribution is 2.34. The average molecular weight is 240 g/mol. The summed E-state index contributed by atoms with van der Waals surface area (Å²) in [5.41, 5.74) is 0.281. The van der Waals surface area contributed by atoms with E-state index in [-0.39, 0.29) is 5.69 Å². The second-order valence-corrected chi connectivity index (χ2v) is 3.59. The van der Waals surface area contributed by atoms with E-state index in [1.54, 1.807) is 18.3 Å². The Kier molecular flexibility index (Phi) is 3.08. The summed E-state index contributed by atoms with van der Waals surface area (Å²) in [5, 5.41) is 2.77. The van der Waals surface area contributed by atoms with Crippen LogP contribution in [0.15, 0.2) is 42.6 Å². The van der Waals surface area contributed by atoms with Crippen molar-refractivity contribution in [2.24, 2.45) is 0 Å². The Morgan fingerprint density at radius 3 is 2.47 bits per heavy atom. The van der Waals surface area contributed by atoms with Gasteiger partial charge in [0.2, 0.25) is 0 Å². The minimum atomic E-state index is -4.33. The minimum Gasteiger partial charge on any atom is -0.379 e. The van der Waals surface area contributed by atoms with Crippen LogP contribution in [0.25, 0.3) is 0 Å². The topological polar surface area (TPSA) is 27.8 Å². The molecule has 0 aliphatic heterocycles. The number of H-pyrrole nitrogens is 1. The predicted octanol–water partition coefficient (Wildman–Crippen LogP) is 3.65. The first-order valence-electron chi connectivity index (χ1n) is 5.10. The third-order valence-corrected chi connectivity index (χ3v) is 2.36. The van der Waals surface area contributed by atoms with Crippen molar-refractivity contribution in [1.29, 1.82) is 0 Å². The number of hydrogen-bond donors (Lipinski definition) is 2. The Morgan fingerprint density at radius 2 is 1.82 bits per heavy atom. The zero-order valence-electron chi connectivity index (χ0n) is 8.88. The maximum atomic E-state index is 12.7. The normalized spacial score (nSPS) is 11.5. The molecule has 1 aromatic carbocycles. The van der Waals surface area contributed by atoms with E-state index in [4.69, 9.17) is 0 Å². The minimum absolute atomic E-state index is 0.0922. The number of alkyl halides is 3. The van der Waals surface area contributed by atoms with Gasteiger partial charge in [-0.25, -0.2) is 0 Å². The molecule has 0 spiro atoms. The van der Waals surface area contributed by atoms with E-state index < -0.39 is 11.7 Å². The van der Waals surface area contributed by atoms with Crippen molar-refractivity contribution in [3.05, 3.63) is 53.9 Å². The maximum Gasteiger partial charge on any atom is 0.418 e. The number of halogens is 3. The van der Waals surface area contributed by atoms with Crippen molar-refractivity contribution in [3.63, 3.8) is 0 Å². The van der Waals surface area contributed by atoms with Crippen molar-refractivity contribution in [3.8, 4) is 0 Å². The average Bonchev–Trinajstić information content (AvgIpc) is 2.78. The van der Waals surface area contributed by atoms with Gasteiger partial charge < -0.3 is 10.3 Å². The fraction of sp³-hybridized carbons (Fsp3) is 0.167. The number of anilines is 1. The molecule has 0 aliphatic carbocycles. The first-order chi connectivity index (χ1) is 8.07. The highest BCUT2D eigenvalue weighted by molar-refractivity contribution is 5.52. The summed E-state index contributed by atoms with van der Waals surface area (Å²) < 4.78 is 38.0. The molecule has 0 atom stereocenters. The van der Waals surface area contributed by atoms with Gasteiger partial charge in [0.05, 0.1) is 12.1 Å². The van der Waals surface area contributed by atoms with Crippen molar-refractivity contribution in [2.75, 3.05) is 5.32 Å². The molecule has 2 nitrogen and oxygen atoms in total. The molecule has 0 radical (unpaired) electrons. The van der Waals surface area contributed by atoms with Crippen molar-refractivity contribution in [2.45, 2.75) is 12.7 Å². The van der Waals surface area contributed by atoms with Crippen LogP contribution in [-0.2, 0) is 12.7 Å². The third kappa shape index (κ3) is 2.81. The van der Waals surface area contributed by atoms with Gasteiger partial charge in [-0.2, -0.15) is 13.2 Å². The highest BCUT2D eigenvalue weighted by atomic mass is 19.4. The van der Waals surface area contributed by atoms with E-state index in [0.717, 1.165) is 11.8 Å². The molecule has 2 rings (SSSR count). The van der Waals surface area contributed by atoms with Crippen LogP contribution in [0.5, 0.6) is 0 Å². The Labute approximate surface area is 96.5 Å². The zero-order valence-corrected chi connectivity index (χ0v) is 8.88. The van der Waals surface area contributed by atoms with Gasteiger partial charge in [-0.1, -0.05) is 12.1 Å². The van der Waals surface area contributed by atoms with Gasteiger partial charge in [-0.3, -0.25) is 0 Å². The highest BCUT2D eigenvalue weighted by Gasteiger charge is 2.32. The van der Waals surface area contributed by atoms with Crippen molar-refractivity contribution >= 4 is 5.69 Å². The Morgan fingerprint density at radius 1 is 1.06 bits per heavy atom. The van der Waals surface area contributed by atoms with Crippen LogP contribution in [0.3, 0.4) is 0 Å². The van der Waals surface area contributed by atoms with Crippen LogP contribution in [0.1, 0.15) is 11.3 Å². The molecular formula is C12H11F3N2. The van der Waals surface area contributed by atoms with Crippen molar-refractivity contribution in [1.82, 2.24) is 4.98 Å². The van der Waals surface area contributed by atoms with Crippen LogP contribution in [0.4, 0.5) is 18.9 Å². The molecule has 2 aromatic rings. The van der Waals surface area contributed by atoms with E-state index in [2.05, 4.69) is 10.3 Å². The Hall–Kier alpha value is -1.91. The van der Waals surface area contributed by atoms with Crippen LogP contribution < -0.4 is 5.32 Å².